The number of hydrogen-bond donors (Lipinski definition) is 0. The number of pyridine rings is 1. The smallest absolute Gasteiger partial charge is 0.341 e. The highest BCUT2D eigenvalue weighted by atomic mass is 35.5. The lowest BCUT2D eigenvalue weighted by Crippen LogP contribution is -2.11. The van der Waals surface area contributed by atoms with Crippen molar-refractivity contribution in [2.24, 2.45) is 0 Å². The van der Waals surface area contributed by atoms with E-state index in [1.807, 2.05) is 32.0 Å². The number of carbonyl (C=O) groups is 1. The standard InChI is InChI=1S/C19H22ClNO3/c1-6-14-17(20)16(19(22)24-7-2)12(4)21-18(14)15-9-8-13(23-5)10-11(15)3/h8-10H,6-7H2,1-5H3. The molecule has 0 saturated heterocycles. The molecule has 0 atom stereocenters. The van der Waals surface area contributed by atoms with Gasteiger partial charge in [0.05, 0.1) is 35.7 Å². The molecule has 1 aromatic carbocycles. The van der Waals surface area contributed by atoms with Gasteiger partial charge in [-0.05, 0) is 56.5 Å². The molecule has 2 aromatic rings. The number of aryl methyl sites for hydroxylation is 2. The van der Waals surface area contributed by atoms with Gasteiger partial charge in [-0.15, -0.1) is 0 Å². The first-order valence-corrected chi connectivity index (χ1v) is 8.33. The van der Waals surface area contributed by atoms with Crippen LogP contribution in [0.4, 0.5) is 0 Å². The van der Waals surface area contributed by atoms with Crippen molar-refractivity contribution in [3.8, 4) is 17.0 Å². The van der Waals surface area contributed by atoms with E-state index < -0.39 is 5.97 Å². The molecule has 5 heteroatoms. The summed E-state index contributed by atoms with van der Waals surface area (Å²) in [4.78, 5) is 16.9. The van der Waals surface area contributed by atoms with Gasteiger partial charge in [-0.25, -0.2) is 4.79 Å². The second-order valence-electron chi connectivity index (χ2n) is 5.47. The van der Waals surface area contributed by atoms with E-state index in [4.69, 9.17) is 21.1 Å². The van der Waals surface area contributed by atoms with Gasteiger partial charge in [-0.3, -0.25) is 4.98 Å². The largest absolute Gasteiger partial charge is 0.497 e. The van der Waals surface area contributed by atoms with E-state index in [-0.39, 0.29) is 0 Å². The molecule has 0 aliphatic carbocycles. The molecule has 1 aromatic heterocycles. The first-order chi connectivity index (χ1) is 11.4. The molecule has 2 rings (SSSR count). The summed E-state index contributed by atoms with van der Waals surface area (Å²) in [5.74, 6) is 0.362. The molecule has 128 valence electrons. The molecule has 24 heavy (non-hydrogen) atoms. The lowest BCUT2D eigenvalue weighted by atomic mass is 9.97. The molecule has 1 heterocycles. The van der Waals surface area contributed by atoms with Crippen molar-refractivity contribution in [2.45, 2.75) is 34.1 Å². The number of esters is 1. The van der Waals surface area contributed by atoms with Crippen molar-refractivity contribution in [3.05, 3.63) is 45.6 Å². The zero-order valence-corrected chi connectivity index (χ0v) is 15.5. The van der Waals surface area contributed by atoms with Gasteiger partial charge in [0.1, 0.15) is 5.75 Å². The molecule has 0 unspecified atom stereocenters. The lowest BCUT2D eigenvalue weighted by molar-refractivity contribution is 0.0525. The van der Waals surface area contributed by atoms with Gasteiger partial charge in [0, 0.05) is 5.56 Å². The van der Waals surface area contributed by atoms with E-state index in [2.05, 4.69) is 4.98 Å². The number of hydrogen-bond acceptors (Lipinski definition) is 4. The Balaban J connectivity index is 2.66. The number of methoxy groups -OCH3 is 1. The second kappa shape index (κ2) is 7.67. The van der Waals surface area contributed by atoms with E-state index in [0.717, 1.165) is 28.1 Å². The van der Waals surface area contributed by atoms with E-state index in [9.17, 15) is 4.79 Å². The van der Waals surface area contributed by atoms with E-state index in [0.29, 0.717) is 29.3 Å². The molecule has 0 bridgehead atoms. The predicted molar refractivity (Wildman–Crippen MR) is 96.0 cm³/mol. The van der Waals surface area contributed by atoms with Crippen LogP contribution in [-0.4, -0.2) is 24.7 Å². The third-order valence-electron chi connectivity index (χ3n) is 3.93. The minimum Gasteiger partial charge on any atom is -0.497 e. The van der Waals surface area contributed by atoms with Gasteiger partial charge in [-0.2, -0.15) is 0 Å². The molecule has 0 saturated carbocycles. The Morgan fingerprint density at radius 3 is 2.50 bits per heavy atom. The van der Waals surface area contributed by atoms with Crippen LogP contribution in [0.2, 0.25) is 5.02 Å². The Labute approximate surface area is 147 Å². The van der Waals surface area contributed by atoms with Crippen LogP contribution in [-0.2, 0) is 11.2 Å². The maximum absolute atomic E-state index is 12.2. The number of nitrogens with zero attached hydrogens (tertiary/aromatic N) is 1. The fourth-order valence-corrected chi connectivity index (χ4v) is 3.16. The van der Waals surface area contributed by atoms with E-state index >= 15 is 0 Å². The molecule has 0 radical (unpaired) electrons. The van der Waals surface area contributed by atoms with Crippen molar-refractivity contribution < 1.29 is 14.3 Å². The topological polar surface area (TPSA) is 48.4 Å². The van der Waals surface area contributed by atoms with Crippen LogP contribution in [0, 0.1) is 13.8 Å². The first-order valence-electron chi connectivity index (χ1n) is 7.95. The van der Waals surface area contributed by atoms with Crippen LogP contribution in [0.15, 0.2) is 18.2 Å². The third kappa shape index (κ3) is 3.39. The van der Waals surface area contributed by atoms with E-state index in [1.165, 1.54) is 0 Å². The van der Waals surface area contributed by atoms with Crippen molar-refractivity contribution >= 4 is 17.6 Å². The fourth-order valence-electron chi connectivity index (χ4n) is 2.72. The van der Waals surface area contributed by atoms with Crippen LogP contribution in [0.5, 0.6) is 5.75 Å². The number of ether oxygens (including phenoxy) is 2. The third-order valence-corrected chi connectivity index (χ3v) is 4.35. The average Bonchev–Trinajstić information content (AvgIpc) is 2.54. The molecule has 0 spiro atoms. The summed E-state index contributed by atoms with van der Waals surface area (Å²) in [5, 5.41) is 0.425. The quantitative estimate of drug-likeness (QED) is 0.731. The van der Waals surface area contributed by atoms with E-state index in [1.54, 1.807) is 21.0 Å². The zero-order chi connectivity index (χ0) is 17.9. The number of halogens is 1. The monoisotopic (exact) mass is 347 g/mol. The Morgan fingerprint density at radius 1 is 1.25 bits per heavy atom. The van der Waals surface area contributed by atoms with Gasteiger partial charge in [0.25, 0.3) is 0 Å². The van der Waals surface area contributed by atoms with Crippen molar-refractivity contribution in [3.63, 3.8) is 0 Å². The summed E-state index contributed by atoms with van der Waals surface area (Å²) in [6.07, 6.45) is 0.666. The zero-order valence-electron chi connectivity index (χ0n) is 14.7. The normalized spacial score (nSPS) is 10.6. The highest BCUT2D eigenvalue weighted by Gasteiger charge is 2.23. The van der Waals surface area contributed by atoms with Crippen molar-refractivity contribution in [1.82, 2.24) is 4.98 Å². The van der Waals surface area contributed by atoms with Gasteiger partial charge < -0.3 is 9.47 Å². The fraction of sp³-hybridized carbons (Fsp3) is 0.368. The van der Waals surface area contributed by atoms with Crippen LogP contribution < -0.4 is 4.74 Å². The Morgan fingerprint density at radius 2 is 1.96 bits per heavy atom. The maximum atomic E-state index is 12.2. The number of rotatable bonds is 5. The molecule has 0 N–H and O–H groups in total. The summed E-state index contributed by atoms with van der Waals surface area (Å²) >= 11 is 6.55. The summed E-state index contributed by atoms with van der Waals surface area (Å²) < 4.78 is 10.4. The maximum Gasteiger partial charge on any atom is 0.341 e. The Kier molecular flexibility index (Phi) is 5.84. The molecule has 0 aliphatic heterocycles. The lowest BCUT2D eigenvalue weighted by Gasteiger charge is -2.17. The molecule has 0 amide bonds. The van der Waals surface area contributed by atoms with Crippen LogP contribution >= 0.6 is 11.6 Å². The highest BCUT2D eigenvalue weighted by Crippen LogP contribution is 2.35. The summed E-state index contributed by atoms with van der Waals surface area (Å²) in [6.45, 7) is 7.84. The summed E-state index contributed by atoms with van der Waals surface area (Å²) in [7, 11) is 1.64. The SMILES string of the molecule is CCOC(=O)c1c(C)nc(-c2ccc(OC)cc2C)c(CC)c1Cl. The van der Waals surface area contributed by atoms with Crippen LogP contribution in [0.25, 0.3) is 11.3 Å². The Hall–Kier alpha value is -2.07. The van der Waals surface area contributed by atoms with Crippen LogP contribution in [0.3, 0.4) is 0 Å². The van der Waals surface area contributed by atoms with Gasteiger partial charge in [-0.1, -0.05) is 18.5 Å². The average molecular weight is 348 g/mol. The van der Waals surface area contributed by atoms with Gasteiger partial charge in [0.2, 0.25) is 0 Å². The number of carbonyl (C=O) groups excluding carboxylic acids is 1. The van der Waals surface area contributed by atoms with Gasteiger partial charge in [0.15, 0.2) is 0 Å². The molecule has 0 aliphatic rings. The highest BCUT2D eigenvalue weighted by molar-refractivity contribution is 6.34. The van der Waals surface area contributed by atoms with Crippen molar-refractivity contribution in [2.75, 3.05) is 13.7 Å². The van der Waals surface area contributed by atoms with Gasteiger partial charge >= 0.3 is 5.97 Å². The minimum absolute atomic E-state index is 0.301. The minimum atomic E-state index is -0.430. The number of aromatic nitrogens is 1. The van der Waals surface area contributed by atoms with Crippen LogP contribution in [0.1, 0.15) is 41.0 Å². The molecule has 0 fully saturated rings. The number of benzene rings is 1. The summed E-state index contributed by atoms with van der Waals surface area (Å²) in [6, 6.07) is 5.82. The Bertz CT molecular complexity index is 772. The predicted octanol–water partition coefficient (Wildman–Crippen LogP) is 4.77. The molecule has 4 nitrogen and oxygen atoms in total. The molecular weight excluding hydrogens is 326 g/mol. The summed E-state index contributed by atoms with van der Waals surface area (Å²) in [5.41, 5.74) is 4.59. The molecular formula is C19H22ClNO3. The second-order valence-corrected chi connectivity index (χ2v) is 5.85. The first kappa shape index (κ1) is 18.3. The van der Waals surface area contributed by atoms with Crippen molar-refractivity contribution in [1.29, 1.82) is 0 Å².